The molecule has 1 unspecified atom stereocenters. The van der Waals surface area contributed by atoms with Gasteiger partial charge in [0.05, 0.1) is 10.6 Å². The summed E-state index contributed by atoms with van der Waals surface area (Å²) in [6.07, 6.45) is 15.6. The molecule has 0 spiro atoms. The summed E-state index contributed by atoms with van der Waals surface area (Å²) in [6, 6.07) is 7.49. The van der Waals surface area contributed by atoms with Gasteiger partial charge in [0.25, 0.3) is 5.92 Å². The number of alkyl halides is 2. The Kier molecular flexibility index (Phi) is 9.53. The van der Waals surface area contributed by atoms with E-state index in [0.29, 0.717) is 34.4 Å². The van der Waals surface area contributed by atoms with Crippen LogP contribution < -0.4 is 5.32 Å². The Labute approximate surface area is 226 Å². The summed E-state index contributed by atoms with van der Waals surface area (Å²) in [5.74, 6) is -1.84. The first-order valence-electron chi connectivity index (χ1n) is 13.9. The molecular weight excluding hydrogens is 502 g/mol. The van der Waals surface area contributed by atoms with Gasteiger partial charge < -0.3 is 10.7 Å². The fraction of sp³-hybridized carbons (Fsp3) is 0.516. The van der Waals surface area contributed by atoms with Gasteiger partial charge in [0.2, 0.25) is 0 Å². The minimum absolute atomic E-state index is 0.0444. The van der Waals surface area contributed by atoms with Gasteiger partial charge in [-0.25, -0.2) is 17.2 Å². The first kappa shape index (κ1) is 28.6. The zero-order chi connectivity index (χ0) is 27.2. The number of hydrogen-bond donors (Lipinski definition) is 2. The molecule has 1 aromatic rings. The van der Waals surface area contributed by atoms with Crippen LogP contribution in [0.25, 0.3) is 0 Å². The molecule has 4 nitrogen and oxygen atoms in total. The van der Waals surface area contributed by atoms with Gasteiger partial charge in [0.15, 0.2) is 9.84 Å². The van der Waals surface area contributed by atoms with Crippen molar-refractivity contribution in [1.29, 1.82) is 5.41 Å². The van der Waals surface area contributed by atoms with Crippen LogP contribution in [0.5, 0.6) is 0 Å². The minimum atomic E-state index is -3.34. The van der Waals surface area contributed by atoms with Crippen LogP contribution in [-0.2, 0) is 9.84 Å². The van der Waals surface area contributed by atoms with E-state index in [1.165, 1.54) is 24.6 Å². The fourth-order valence-corrected chi connectivity index (χ4v) is 7.45. The average Bonchev–Trinajstić information content (AvgIpc) is 2.90. The lowest BCUT2D eigenvalue weighted by Crippen LogP contribution is -2.28. The van der Waals surface area contributed by atoms with Crippen molar-refractivity contribution in [3.8, 4) is 0 Å². The molecule has 1 saturated carbocycles. The van der Waals surface area contributed by atoms with Gasteiger partial charge in [-0.2, -0.15) is 0 Å². The molecule has 0 amide bonds. The summed E-state index contributed by atoms with van der Waals surface area (Å²) < 4.78 is 54.5. The van der Waals surface area contributed by atoms with Crippen molar-refractivity contribution in [2.45, 2.75) is 75.0 Å². The smallest absolute Gasteiger partial charge is 0.273 e. The summed E-state index contributed by atoms with van der Waals surface area (Å²) >= 11 is 0. The summed E-state index contributed by atoms with van der Waals surface area (Å²) in [4.78, 5) is 0.409. The quantitative estimate of drug-likeness (QED) is 0.325. The van der Waals surface area contributed by atoms with Gasteiger partial charge in [0, 0.05) is 24.3 Å². The van der Waals surface area contributed by atoms with Crippen molar-refractivity contribution in [3.63, 3.8) is 0 Å². The maximum Gasteiger partial charge on any atom is 0.273 e. The zero-order valence-corrected chi connectivity index (χ0v) is 23.1. The number of nitrogens with one attached hydrogen (secondary N) is 2. The van der Waals surface area contributed by atoms with E-state index >= 15 is 0 Å². The van der Waals surface area contributed by atoms with E-state index in [1.807, 2.05) is 12.1 Å². The van der Waals surface area contributed by atoms with Gasteiger partial charge in [-0.05, 0) is 92.5 Å². The third-order valence-electron chi connectivity index (χ3n) is 8.24. The summed E-state index contributed by atoms with van der Waals surface area (Å²) in [6.45, 7) is 3.46. The van der Waals surface area contributed by atoms with Crippen LogP contribution in [0.4, 0.5) is 8.78 Å². The van der Waals surface area contributed by atoms with Crippen LogP contribution in [-0.4, -0.2) is 38.9 Å². The van der Waals surface area contributed by atoms with E-state index in [9.17, 15) is 17.2 Å². The van der Waals surface area contributed by atoms with Crippen molar-refractivity contribution in [3.05, 3.63) is 77.4 Å². The van der Waals surface area contributed by atoms with Crippen molar-refractivity contribution in [2.24, 2.45) is 11.8 Å². The standard InChI is InChI=1S/C31H40F2N2O2S/c1-2-31(32,33)28-8-4-3-6-26(13-16-28)30(34)20-23-9-11-24(12-10-23)22-38(36,37)29-17-14-25(15-18-29)27-7-5-19-35-21-27/h3-4,6,8,13-18,23-24,27,34-35H,2,5,7,9-12,19-22H2,1H3/b4-3?,6-3+,8-4+,16-13?,26-6?,26-13+,28-8?,28-16+,34-30?. The number of sulfone groups is 1. The minimum Gasteiger partial charge on any atom is -0.316 e. The number of halogens is 2. The molecular formula is C31H40F2N2O2S. The lowest BCUT2D eigenvalue weighted by molar-refractivity contribution is 0.0415. The van der Waals surface area contributed by atoms with Crippen LogP contribution >= 0.6 is 0 Å². The van der Waals surface area contributed by atoms with E-state index in [0.717, 1.165) is 51.6 Å². The molecule has 0 aromatic heterocycles. The van der Waals surface area contributed by atoms with E-state index in [1.54, 1.807) is 36.4 Å². The number of hydrogen-bond acceptors (Lipinski definition) is 4. The molecule has 1 aromatic carbocycles. The molecule has 1 aliphatic heterocycles. The molecule has 2 N–H and O–H groups in total. The van der Waals surface area contributed by atoms with Gasteiger partial charge in [-0.15, -0.1) is 0 Å². The van der Waals surface area contributed by atoms with Crippen LogP contribution in [0.1, 0.15) is 69.8 Å². The number of piperidine rings is 1. The SMILES string of the molecule is CCC(F)(F)C1=C/C=C(C(=N)CC2CCC(CS(=O)(=O)c3ccc(C4CCCNC4)cc3)CC2)\C=C\C=C\1. The molecule has 0 radical (unpaired) electrons. The molecule has 2 aliphatic carbocycles. The van der Waals surface area contributed by atoms with E-state index in [-0.39, 0.29) is 23.7 Å². The molecule has 7 heteroatoms. The first-order chi connectivity index (χ1) is 18.2. The molecule has 3 aliphatic rings. The highest BCUT2D eigenvalue weighted by atomic mass is 32.2. The lowest BCUT2D eigenvalue weighted by Gasteiger charge is -2.28. The van der Waals surface area contributed by atoms with Crippen LogP contribution in [0, 0.1) is 17.2 Å². The van der Waals surface area contributed by atoms with E-state index in [4.69, 9.17) is 5.41 Å². The highest BCUT2D eigenvalue weighted by Gasteiger charge is 2.30. The maximum absolute atomic E-state index is 14.1. The second kappa shape index (κ2) is 12.6. The molecule has 2 fully saturated rings. The highest BCUT2D eigenvalue weighted by Crippen LogP contribution is 2.34. The maximum atomic E-state index is 14.1. The van der Waals surface area contributed by atoms with Crippen molar-refractivity contribution in [1.82, 2.24) is 5.32 Å². The Balaban J connectivity index is 1.29. The Hall–Kier alpha value is -2.38. The first-order valence-corrected chi connectivity index (χ1v) is 15.6. The molecule has 1 atom stereocenters. The van der Waals surface area contributed by atoms with Crippen LogP contribution in [0.3, 0.4) is 0 Å². The monoisotopic (exact) mass is 542 g/mol. The Morgan fingerprint density at radius 1 is 1.00 bits per heavy atom. The van der Waals surface area contributed by atoms with Gasteiger partial charge in [-0.1, -0.05) is 55.5 Å². The molecule has 4 rings (SSSR count). The second-order valence-electron chi connectivity index (χ2n) is 11.0. The van der Waals surface area contributed by atoms with E-state index in [2.05, 4.69) is 5.32 Å². The number of benzene rings is 1. The van der Waals surface area contributed by atoms with Crippen LogP contribution in [0.15, 0.2) is 76.8 Å². The average molecular weight is 543 g/mol. The number of rotatable bonds is 9. The Bertz CT molecular complexity index is 1200. The highest BCUT2D eigenvalue weighted by molar-refractivity contribution is 7.91. The van der Waals surface area contributed by atoms with Gasteiger partial charge in [0.1, 0.15) is 0 Å². The normalized spacial score (nSPS) is 29.2. The van der Waals surface area contributed by atoms with Crippen molar-refractivity contribution in [2.75, 3.05) is 18.8 Å². The molecule has 0 bridgehead atoms. The third-order valence-corrected chi connectivity index (χ3v) is 10.1. The molecule has 206 valence electrons. The number of allylic oxidation sites excluding steroid dienone is 8. The zero-order valence-electron chi connectivity index (χ0n) is 22.3. The van der Waals surface area contributed by atoms with Crippen LogP contribution in [0.2, 0.25) is 0 Å². The predicted octanol–water partition coefficient (Wildman–Crippen LogP) is 7.17. The van der Waals surface area contributed by atoms with Gasteiger partial charge in [-0.3, -0.25) is 0 Å². The lowest BCUT2D eigenvalue weighted by atomic mass is 9.79. The molecule has 1 heterocycles. The Morgan fingerprint density at radius 3 is 2.34 bits per heavy atom. The summed E-state index contributed by atoms with van der Waals surface area (Å²) in [5.41, 5.74) is 2.25. The van der Waals surface area contributed by atoms with Gasteiger partial charge >= 0.3 is 0 Å². The largest absolute Gasteiger partial charge is 0.316 e. The predicted molar refractivity (Wildman–Crippen MR) is 151 cm³/mol. The fourth-order valence-electron chi connectivity index (χ4n) is 5.76. The second-order valence-corrected chi connectivity index (χ2v) is 13.0. The topological polar surface area (TPSA) is 70.0 Å². The molecule has 38 heavy (non-hydrogen) atoms. The summed E-state index contributed by atoms with van der Waals surface area (Å²) in [7, 11) is -3.34. The Morgan fingerprint density at radius 2 is 1.68 bits per heavy atom. The summed E-state index contributed by atoms with van der Waals surface area (Å²) in [5, 5.41) is 12.0. The third kappa shape index (κ3) is 7.38. The van der Waals surface area contributed by atoms with Crippen molar-refractivity contribution < 1.29 is 17.2 Å². The van der Waals surface area contributed by atoms with E-state index < -0.39 is 15.8 Å². The van der Waals surface area contributed by atoms with Crippen molar-refractivity contribution >= 4 is 15.5 Å². The molecule has 1 saturated heterocycles.